The Kier molecular flexibility index (Phi) is 3.99. The summed E-state index contributed by atoms with van der Waals surface area (Å²) in [6.07, 6.45) is 1.55. The summed E-state index contributed by atoms with van der Waals surface area (Å²) in [5.41, 5.74) is 8.09. The molecule has 122 valence electrons. The van der Waals surface area contributed by atoms with Gasteiger partial charge in [-0.25, -0.2) is 9.78 Å². The van der Waals surface area contributed by atoms with Gasteiger partial charge in [-0.05, 0) is 18.2 Å². The maximum atomic E-state index is 12.1. The van der Waals surface area contributed by atoms with Crippen LogP contribution in [0.4, 0.5) is 5.69 Å². The number of esters is 1. The quantitative estimate of drug-likeness (QED) is 0.737. The summed E-state index contributed by atoms with van der Waals surface area (Å²) >= 11 is 1.61. The lowest BCUT2D eigenvalue weighted by atomic mass is 10.2. The van der Waals surface area contributed by atoms with Crippen LogP contribution in [-0.4, -0.2) is 22.6 Å². The van der Waals surface area contributed by atoms with Gasteiger partial charge in [-0.2, -0.15) is 5.26 Å². The highest BCUT2D eigenvalue weighted by molar-refractivity contribution is 7.18. The summed E-state index contributed by atoms with van der Waals surface area (Å²) in [6, 6.07) is 7.68. The molecule has 0 unspecified atom stereocenters. The number of ether oxygens (including phenoxy) is 1. The molecule has 1 aromatic carbocycles. The SMILES string of the molecule is COC(=O)c1c(N)c(C#N)cn1-c1ccc2nc(C(C)C)sc2c1. The largest absolute Gasteiger partial charge is 0.464 e. The number of thiazole rings is 1. The molecule has 0 radical (unpaired) electrons. The van der Waals surface area contributed by atoms with Crippen molar-refractivity contribution in [2.75, 3.05) is 12.8 Å². The Morgan fingerprint density at radius 3 is 2.83 bits per heavy atom. The van der Waals surface area contributed by atoms with E-state index in [4.69, 9.17) is 10.5 Å². The summed E-state index contributed by atoms with van der Waals surface area (Å²) in [4.78, 5) is 16.7. The van der Waals surface area contributed by atoms with Gasteiger partial charge in [0.25, 0.3) is 0 Å². The van der Waals surface area contributed by atoms with Crippen LogP contribution in [-0.2, 0) is 4.74 Å². The van der Waals surface area contributed by atoms with Crippen molar-refractivity contribution in [3.05, 3.63) is 40.7 Å². The molecule has 2 aromatic heterocycles. The van der Waals surface area contributed by atoms with Crippen LogP contribution >= 0.6 is 11.3 Å². The van der Waals surface area contributed by atoms with Crippen molar-refractivity contribution >= 4 is 33.2 Å². The first-order chi connectivity index (χ1) is 11.5. The van der Waals surface area contributed by atoms with Gasteiger partial charge in [0.05, 0.1) is 33.6 Å². The minimum Gasteiger partial charge on any atom is -0.464 e. The predicted octanol–water partition coefficient (Wildman–Crippen LogP) is 3.45. The topological polar surface area (TPSA) is 93.9 Å². The van der Waals surface area contributed by atoms with Crippen LogP contribution in [0.3, 0.4) is 0 Å². The molecule has 24 heavy (non-hydrogen) atoms. The number of benzene rings is 1. The summed E-state index contributed by atoms with van der Waals surface area (Å²) in [5, 5.41) is 10.2. The molecule has 0 bridgehead atoms. The Morgan fingerprint density at radius 1 is 1.46 bits per heavy atom. The smallest absolute Gasteiger partial charge is 0.357 e. The number of hydrogen-bond acceptors (Lipinski definition) is 6. The van der Waals surface area contributed by atoms with E-state index >= 15 is 0 Å². The van der Waals surface area contributed by atoms with Crippen LogP contribution in [0.1, 0.15) is 40.8 Å². The Balaban J connectivity index is 2.20. The van der Waals surface area contributed by atoms with E-state index in [9.17, 15) is 10.1 Å². The number of rotatable bonds is 3. The molecule has 3 aromatic rings. The van der Waals surface area contributed by atoms with Crippen molar-refractivity contribution in [1.29, 1.82) is 5.26 Å². The average Bonchev–Trinajstić information content (AvgIpc) is 3.14. The lowest BCUT2D eigenvalue weighted by Gasteiger charge is -2.08. The molecule has 0 aliphatic carbocycles. The number of carbonyl (C=O) groups excluding carboxylic acids is 1. The first-order valence-corrected chi connectivity index (χ1v) is 8.18. The molecule has 0 spiro atoms. The molecule has 0 amide bonds. The minimum atomic E-state index is -0.582. The third kappa shape index (κ3) is 2.51. The zero-order chi connectivity index (χ0) is 17.4. The second-order valence-corrected chi connectivity index (χ2v) is 6.70. The molecular formula is C17H16N4O2S. The molecule has 0 atom stereocenters. The number of hydrogen-bond donors (Lipinski definition) is 1. The van der Waals surface area contributed by atoms with E-state index in [-0.39, 0.29) is 16.9 Å². The van der Waals surface area contributed by atoms with Gasteiger partial charge < -0.3 is 15.0 Å². The van der Waals surface area contributed by atoms with Crippen molar-refractivity contribution in [3.8, 4) is 11.8 Å². The highest BCUT2D eigenvalue weighted by Gasteiger charge is 2.22. The van der Waals surface area contributed by atoms with Gasteiger partial charge in [0.1, 0.15) is 6.07 Å². The number of fused-ring (bicyclic) bond motifs is 1. The normalized spacial score (nSPS) is 11.0. The minimum absolute atomic E-state index is 0.122. The van der Waals surface area contributed by atoms with Crippen molar-refractivity contribution in [2.45, 2.75) is 19.8 Å². The van der Waals surface area contributed by atoms with E-state index in [0.717, 1.165) is 20.9 Å². The fourth-order valence-corrected chi connectivity index (χ4v) is 3.45. The monoisotopic (exact) mass is 340 g/mol. The van der Waals surface area contributed by atoms with Crippen molar-refractivity contribution in [1.82, 2.24) is 9.55 Å². The van der Waals surface area contributed by atoms with E-state index in [1.807, 2.05) is 24.3 Å². The lowest BCUT2D eigenvalue weighted by Crippen LogP contribution is -2.11. The van der Waals surface area contributed by atoms with E-state index in [2.05, 4.69) is 18.8 Å². The lowest BCUT2D eigenvalue weighted by molar-refractivity contribution is 0.0593. The van der Waals surface area contributed by atoms with Gasteiger partial charge in [-0.3, -0.25) is 0 Å². The van der Waals surface area contributed by atoms with Crippen molar-refractivity contribution < 1.29 is 9.53 Å². The molecule has 2 heterocycles. The molecule has 7 heteroatoms. The Labute approximate surface area is 143 Å². The van der Waals surface area contributed by atoms with Crippen LogP contribution in [0.5, 0.6) is 0 Å². The fraction of sp³-hybridized carbons (Fsp3) is 0.235. The number of anilines is 1. The van der Waals surface area contributed by atoms with E-state index in [1.54, 1.807) is 22.1 Å². The van der Waals surface area contributed by atoms with Gasteiger partial charge in [0.2, 0.25) is 0 Å². The van der Waals surface area contributed by atoms with Gasteiger partial charge in [-0.15, -0.1) is 11.3 Å². The number of nitrogens with two attached hydrogens (primary N) is 1. The third-order valence-electron chi connectivity index (χ3n) is 3.70. The summed E-state index contributed by atoms with van der Waals surface area (Å²) in [5.74, 6) is -0.231. The number of nitriles is 1. The highest BCUT2D eigenvalue weighted by Crippen LogP contribution is 2.31. The standard InChI is InChI=1S/C17H16N4O2S/c1-9(2)16-20-12-5-4-11(6-13(12)24-16)21-8-10(7-18)14(19)15(21)17(22)23-3/h4-6,8-9H,19H2,1-3H3. The predicted molar refractivity (Wildman–Crippen MR) is 93.5 cm³/mol. The zero-order valence-corrected chi connectivity index (χ0v) is 14.3. The second-order valence-electron chi connectivity index (χ2n) is 5.64. The Morgan fingerprint density at radius 2 is 2.21 bits per heavy atom. The molecule has 6 nitrogen and oxygen atoms in total. The Bertz CT molecular complexity index is 979. The number of nitrogen functional groups attached to an aromatic ring is 1. The van der Waals surface area contributed by atoms with Crippen molar-refractivity contribution in [2.24, 2.45) is 0 Å². The van der Waals surface area contributed by atoms with Gasteiger partial charge in [-0.1, -0.05) is 13.8 Å². The summed E-state index contributed by atoms with van der Waals surface area (Å²) in [6.45, 7) is 4.19. The molecular weight excluding hydrogens is 324 g/mol. The maximum Gasteiger partial charge on any atom is 0.357 e. The van der Waals surface area contributed by atoms with Crippen LogP contribution in [0.2, 0.25) is 0 Å². The first kappa shape index (κ1) is 16.0. The summed E-state index contributed by atoms with van der Waals surface area (Å²) < 4.78 is 7.40. The number of nitrogens with zero attached hydrogens (tertiary/aromatic N) is 3. The van der Waals surface area contributed by atoms with Gasteiger partial charge in [0, 0.05) is 17.8 Å². The van der Waals surface area contributed by atoms with Gasteiger partial charge in [0.15, 0.2) is 5.69 Å². The molecule has 0 aliphatic rings. The van der Waals surface area contributed by atoms with Gasteiger partial charge >= 0.3 is 5.97 Å². The first-order valence-electron chi connectivity index (χ1n) is 7.36. The highest BCUT2D eigenvalue weighted by atomic mass is 32.1. The van der Waals surface area contributed by atoms with E-state index in [0.29, 0.717) is 5.92 Å². The number of methoxy groups -OCH3 is 1. The van der Waals surface area contributed by atoms with Crippen LogP contribution in [0.25, 0.3) is 15.9 Å². The van der Waals surface area contributed by atoms with Crippen LogP contribution in [0.15, 0.2) is 24.4 Å². The molecule has 0 saturated heterocycles. The van der Waals surface area contributed by atoms with Crippen LogP contribution in [0, 0.1) is 11.3 Å². The maximum absolute atomic E-state index is 12.1. The Hall–Kier alpha value is -2.85. The second kappa shape index (κ2) is 5.98. The van der Waals surface area contributed by atoms with E-state index < -0.39 is 5.97 Å². The number of aromatic nitrogens is 2. The molecule has 0 fully saturated rings. The van der Waals surface area contributed by atoms with Crippen LogP contribution < -0.4 is 5.73 Å². The number of carbonyl (C=O) groups is 1. The molecule has 2 N–H and O–H groups in total. The average molecular weight is 340 g/mol. The summed E-state index contributed by atoms with van der Waals surface area (Å²) in [7, 11) is 1.28. The molecule has 3 rings (SSSR count). The third-order valence-corrected chi connectivity index (χ3v) is 5.02. The van der Waals surface area contributed by atoms with Crippen molar-refractivity contribution in [3.63, 3.8) is 0 Å². The molecule has 0 saturated carbocycles. The zero-order valence-electron chi connectivity index (χ0n) is 13.5. The van der Waals surface area contributed by atoms with E-state index in [1.165, 1.54) is 7.11 Å². The molecule has 0 aliphatic heterocycles. The fourth-order valence-electron chi connectivity index (χ4n) is 2.45.